The predicted octanol–water partition coefficient (Wildman–Crippen LogP) is 6.28. The first-order valence-corrected chi connectivity index (χ1v) is 18.4. The van der Waals surface area contributed by atoms with Gasteiger partial charge in [0.15, 0.2) is 9.49 Å². The van der Waals surface area contributed by atoms with E-state index in [-0.39, 0.29) is 33.6 Å². The van der Waals surface area contributed by atoms with Gasteiger partial charge < -0.3 is 11.5 Å². The van der Waals surface area contributed by atoms with E-state index in [4.69, 9.17) is 14.3 Å². The van der Waals surface area contributed by atoms with Crippen LogP contribution in [0.15, 0.2) is 94.4 Å². The molecule has 0 saturated heterocycles. The van der Waals surface area contributed by atoms with E-state index in [1.54, 1.807) is 100 Å². The van der Waals surface area contributed by atoms with Crippen LogP contribution in [0.5, 0.6) is 0 Å². The van der Waals surface area contributed by atoms with Crippen LogP contribution in [0.1, 0.15) is 55.6 Å². The van der Waals surface area contributed by atoms with Crippen LogP contribution >= 0.6 is 0 Å². The highest BCUT2D eigenvalue weighted by Gasteiger charge is 2.58. The van der Waals surface area contributed by atoms with Crippen molar-refractivity contribution in [2.75, 3.05) is 0 Å². The van der Waals surface area contributed by atoms with Crippen LogP contribution in [-0.2, 0) is 29.7 Å². The van der Waals surface area contributed by atoms with Crippen LogP contribution in [0, 0.1) is 38.7 Å². The van der Waals surface area contributed by atoms with Crippen LogP contribution in [0.25, 0.3) is 23.3 Å². The molecule has 0 bridgehead atoms. The molecule has 2 aliphatic carbocycles. The minimum atomic E-state index is -5.02. The fraction of sp³-hybridized carbons (Fsp3) is 0.222. The van der Waals surface area contributed by atoms with Gasteiger partial charge in [-0.2, -0.15) is 27.1 Å². The van der Waals surface area contributed by atoms with Gasteiger partial charge in [0.2, 0.25) is 2.82 Å². The fourth-order valence-electron chi connectivity index (χ4n) is 8.22. The number of aryl methyl sites for hydroxylation is 4. The first-order chi connectivity index (χ1) is 24.5. The molecule has 2 aliphatic rings. The van der Waals surface area contributed by atoms with Crippen LogP contribution in [-0.4, -0.2) is 38.0 Å². The Morgan fingerprint density at radius 3 is 1.26 bits per heavy atom. The van der Waals surface area contributed by atoms with E-state index in [1.807, 2.05) is 0 Å². The lowest BCUT2D eigenvalue weighted by Gasteiger charge is -2.42. The second kappa shape index (κ2) is 12.0. The fourth-order valence-corrected chi connectivity index (χ4v) is 11.2. The van der Waals surface area contributed by atoms with Crippen molar-refractivity contribution in [3.63, 3.8) is 0 Å². The molecule has 12 nitrogen and oxygen atoms in total. The highest BCUT2D eigenvalue weighted by Crippen LogP contribution is 2.52. The first kappa shape index (κ1) is 32.5. The molecule has 0 amide bonds. The van der Waals surface area contributed by atoms with Gasteiger partial charge in [-0.3, -0.25) is 9.11 Å². The summed E-state index contributed by atoms with van der Waals surface area (Å²) in [6, 6.07) is 17.3. The van der Waals surface area contributed by atoms with E-state index >= 15 is 0 Å². The van der Waals surface area contributed by atoms with Gasteiger partial charge in [-0.1, -0.05) is 72.8 Å². The standard InChI is InChI=1S/C36H36N6O6S2/c1-19-13-25(14-20(2)31(19)35(49(43,44)45)27-11-7-5-9-23(27)17-29(41-39)33(35)37)26-15-21(3)32(22(4)16-26)36(50(46,47)48)28-12-8-6-10-24(28)18-30(42-40)34(36)38/h5-18,33-34,39-40H,37-38H2,1-4H3,(H,43,44,45)(H,46,47,48)/b41-39+,42-40+. The minimum Gasteiger partial charge on any atom is -0.321 e. The number of nitrogens with one attached hydrogen (secondary N) is 2. The van der Waals surface area contributed by atoms with Gasteiger partial charge in [0, 0.05) is 0 Å². The Balaban J connectivity index is 1.59. The highest BCUT2D eigenvalue weighted by atomic mass is 32.2. The van der Waals surface area contributed by atoms with Crippen molar-refractivity contribution in [1.82, 2.24) is 0 Å². The first-order valence-electron chi connectivity index (χ1n) is 16.4. The summed E-state index contributed by atoms with van der Waals surface area (Å²) in [4.78, 5) is 0. The lowest BCUT2D eigenvalue weighted by Crippen LogP contribution is -2.55. The summed E-state index contributed by atoms with van der Waals surface area (Å²) >= 11 is 0. The van der Waals surface area contributed by atoms with E-state index in [1.165, 1.54) is 12.2 Å². The molecule has 0 aliphatic heterocycles. The van der Waals surface area contributed by atoms with Crippen molar-refractivity contribution in [2.24, 2.45) is 21.7 Å². The van der Waals surface area contributed by atoms with Crippen molar-refractivity contribution in [2.45, 2.75) is 49.3 Å². The van der Waals surface area contributed by atoms with Gasteiger partial charge >= 0.3 is 0 Å². The van der Waals surface area contributed by atoms with E-state index in [0.29, 0.717) is 44.5 Å². The Bertz CT molecular complexity index is 2280. The SMILES string of the molecule is [H]/N=N/C1=Cc2ccccc2C(c2c(C)cc(-c3cc(C)c(C4(S(=O)(=O)O)c5ccccc5C=C(/N=N/[H])C4N)c(C)c3)cc2C)(S(=O)(=O)O)C1N. The number of hydrogen-bond acceptors (Lipinski definition) is 10. The van der Waals surface area contributed by atoms with Crippen molar-refractivity contribution < 1.29 is 28.8 Å². The van der Waals surface area contributed by atoms with E-state index in [9.17, 15) is 25.9 Å². The van der Waals surface area contributed by atoms with Crippen molar-refractivity contribution in [3.05, 3.63) is 140 Å². The van der Waals surface area contributed by atoms with Crippen molar-refractivity contribution in [1.29, 1.82) is 11.0 Å². The number of benzene rings is 4. The Labute approximate surface area is 293 Å². The monoisotopic (exact) mass is 712 g/mol. The molecule has 14 heteroatoms. The van der Waals surface area contributed by atoms with Crippen LogP contribution in [0.2, 0.25) is 2.82 Å². The van der Waals surface area contributed by atoms with Crippen LogP contribution in [0.3, 0.4) is 0 Å². The molecule has 6 rings (SSSR count). The summed E-state index contributed by atoms with van der Waals surface area (Å²) in [5.41, 5.74) is 24.5. The summed E-state index contributed by atoms with van der Waals surface area (Å²) in [7, 11) is -10.0. The predicted molar refractivity (Wildman–Crippen MR) is 191 cm³/mol. The van der Waals surface area contributed by atoms with E-state index in [0.717, 1.165) is 0 Å². The van der Waals surface area contributed by atoms with Gasteiger partial charge in [-0.25, -0.2) is 11.0 Å². The number of fused-ring (bicyclic) bond motifs is 2. The summed E-state index contributed by atoms with van der Waals surface area (Å²) in [5.74, 6) is 0. The number of hydrogen-bond donors (Lipinski definition) is 6. The third-order valence-electron chi connectivity index (χ3n) is 10.0. The van der Waals surface area contributed by atoms with Crippen molar-refractivity contribution >= 4 is 32.4 Å². The van der Waals surface area contributed by atoms with Crippen LogP contribution in [0.4, 0.5) is 0 Å². The zero-order chi connectivity index (χ0) is 38.0. The van der Waals surface area contributed by atoms with Crippen LogP contribution < -0.4 is 11.5 Å². The van der Waals surface area contributed by atoms with E-state index in [2.05, 4.69) is 21.3 Å². The van der Waals surface area contributed by atoms with Gasteiger partial charge in [0.05, 0.1) is 23.5 Å². The molecule has 258 valence electrons. The Hall–Kier alpha value is -4.70. The molecule has 0 aromatic heterocycles. The maximum absolute atomic E-state index is 13.7. The number of rotatable bonds is 7. The third kappa shape index (κ3) is 4.78. The Kier molecular flexibility index (Phi) is 7.78. The summed E-state index contributed by atoms with van der Waals surface area (Å²) in [6.45, 7) is 6.80. The maximum Gasteiger partial charge on any atom is 0.281 e. The number of nitrogens with zero attached hydrogens (tertiary/aromatic N) is 2. The van der Waals surface area contributed by atoms with Gasteiger partial charge in [-0.05, 0) is 107 Å². The molecule has 8 N–H and O–H groups in total. The molecule has 50 heavy (non-hydrogen) atoms. The molecular weight excluding hydrogens is 677 g/mol. The largest absolute Gasteiger partial charge is 0.321 e. The molecule has 0 fully saturated rings. The second-order valence-electron chi connectivity index (χ2n) is 12.9. The summed E-state index contributed by atoms with van der Waals surface area (Å²) in [5, 5.41) is 7.61. The zero-order valence-electron chi connectivity index (χ0n) is 29.5. The zero-order valence-corrected chi connectivity index (χ0v) is 29.2. The molecule has 0 spiro atoms. The second-order valence-corrected chi connectivity index (χ2v) is 16.0. The normalized spacial score (nSPS) is 24.3. The summed E-state index contributed by atoms with van der Waals surface area (Å²) < 4.78 is 87.1. The average Bonchev–Trinajstić information content (AvgIpc) is 3.06. The molecule has 0 saturated carbocycles. The van der Waals surface area contributed by atoms with Gasteiger partial charge in [0.1, 0.15) is 0 Å². The highest BCUT2D eigenvalue weighted by molar-refractivity contribution is 7.87. The average molecular weight is 713 g/mol. The molecule has 4 aromatic carbocycles. The molecule has 4 atom stereocenters. The third-order valence-corrected chi connectivity index (χ3v) is 13.0. The molecular formula is C36H36N6O6S2. The summed E-state index contributed by atoms with van der Waals surface area (Å²) in [6.07, 6.45) is 3.08. The maximum atomic E-state index is 13.7. The minimum absolute atomic E-state index is 0.00602. The molecule has 0 radical (unpaired) electrons. The lowest BCUT2D eigenvalue weighted by atomic mass is 9.73. The smallest absolute Gasteiger partial charge is 0.281 e. The van der Waals surface area contributed by atoms with Crippen molar-refractivity contribution in [3.8, 4) is 11.1 Å². The van der Waals surface area contributed by atoms with Gasteiger partial charge in [0.25, 0.3) is 20.2 Å². The molecule has 4 aromatic rings. The van der Waals surface area contributed by atoms with E-state index < -0.39 is 41.8 Å². The Morgan fingerprint density at radius 1 is 0.640 bits per heavy atom. The lowest BCUT2D eigenvalue weighted by molar-refractivity contribution is 0.422. The molecule has 4 unspecified atom stereocenters. The van der Waals surface area contributed by atoms with Gasteiger partial charge in [-0.15, -0.1) is 0 Å². The molecule has 0 heterocycles. The topological polar surface area (TPSA) is 233 Å². The number of nitrogens with two attached hydrogens (primary N) is 2. The quantitative estimate of drug-likeness (QED) is 0.0941. The Morgan fingerprint density at radius 2 is 0.960 bits per heavy atom.